The van der Waals surface area contributed by atoms with Gasteiger partial charge in [-0.05, 0) is 24.3 Å². The van der Waals surface area contributed by atoms with Crippen LogP contribution in [0.15, 0.2) is 34.9 Å². The first-order chi connectivity index (χ1) is 11.0. The van der Waals surface area contributed by atoms with Gasteiger partial charge in [-0.25, -0.2) is 0 Å². The molecule has 0 atom stereocenters. The van der Waals surface area contributed by atoms with Gasteiger partial charge in [0.15, 0.2) is 5.76 Å². The van der Waals surface area contributed by atoms with E-state index in [1.165, 1.54) is 6.92 Å². The molecule has 2 N–H and O–H groups in total. The van der Waals surface area contributed by atoms with Gasteiger partial charge in [-0.1, -0.05) is 16.8 Å². The van der Waals surface area contributed by atoms with Crippen LogP contribution in [0.4, 0.5) is 0 Å². The fourth-order valence-corrected chi connectivity index (χ4v) is 2.08. The standard InChI is InChI=1S/C16H18ClN3O3/c1-11(21)18-9-7-16(22)19-8-6-14-10-15(23-20-14)12-2-4-13(17)5-3-12/h2-5,10H,6-9H2,1H3,(H,18,21)(H,19,22). The SMILES string of the molecule is CC(=O)NCCC(=O)NCCc1cc(-c2ccc(Cl)cc2)on1. The Morgan fingerprint density at radius 1 is 1.17 bits per heavy atom. The molecule has 0 unspecified atom stereocenters. The van der Waals surface area contributed by atoms with Crippen molar-refractivity contribution in [2.45, 2.75) is 19.8 Å². The summed E-state index contributed by atoms with van der Waals surface area (Å²) in [5.41, 5.74) is 1.66. The summed E-state index contributed by atoms with van der Waals surface area (Å²) < 4.78 is 5.29. The van der Waals surface area contributed by atoms with Crippen molar-refractivity contribution in [3.63, 3.8) is 0 Å². The van der Waals surface area contributed by atoms with Gasteiger partial charge >= 0.3 is 0 Å². The van der Waals surface area contributed by atoms with E-state index < -0.39 is 0 Å². The molecule has 0 saturated carbocycles. The summed E-state index contributed by atoms with van der Waals surface area (Å²) in [6.07, 6.45) is 0.831. The van der Waals surface area contributed by atoms with Crippen molar-refractivity contribution >= 4 is 23.4 Å². The summed E-state index contributed by atoms with van der Waals surface area (Å²) in [4.78, 5) is 22.2. The largest absolute Gasteiger partial charge is 0.356 e. The zero-order chi connectivity index (χ0) is 16.7. The number of aromatic nitrogens is 1. The van der Waals surface area contributed by atoms with E-state index in [0.29, 0.717) is 30.3 Å². The Bertz CT molecular complexity index is 667. The van der Waals surface area contributed by atoms with Crippen LogP contribution >= 0.6 is 11.6 Å². The average molecular weight is 336 g/mol. The molecular weight excluding hydrogens is 318 g/mol. The third-order valence-electron chi connectivity index (χ3n) is 3.12. The van der Waals surface area contributed by atoms with Crippen molar-refractivity contribution in [3.8, 4) is 11.3 Å². The van der Waals surface area contributed by atoms with Crippen molar-refractivity contribution in [2.75, 3.05) is 13.1 Å². The van der Waals surface area contributed by atoms with Crippen molar-refractivity contribution < 1.29 is 14.1 Å². The highest BCUT2D eigenvalue weighted by molar-refractivity contribution is 6.30. The third kappa shape index (κ3) is 5.75. The fourth-order valence-electron chi connectivity index (χ4n) is 1.95. The summed E-state index contributed by atoms with van der Waals surface area (Å²) in [6, 6.07) is 9.13. The van der Waals surface area contributed by atoms with Gasteiger partial charge in [-0.15, -0.1) is 0 Å². The maximum atomic E-state index is 11.6. The normalized spacial score (nSPS) is 10.3. The Labute approximate surface area is 139 Å². The van der Waals surface area contributed by atoms with Gasteiger partial charge < -0.3 is 15.2 Å². The molecule has 0 radical (unpaired) electrons. The highest BCUT2D eigenvalue weighted by atomic mass is 35.5. The number of benzene rings is 1. The molecule has 2 rings (SSSR count). The highest BCUT2D eigenvalue weighted by Crippen LogP contribution is 2.22. The number of halogens is 1. The van der Waals surface area contributed by atoms with Gasteiger partial charge in [-0.2, -0.15) is 0 Å². The quantitative estimate of drug-likeness (QED) is 0.812. The average Bonchev–Trinajstić information content (AvgIpc) is 2.96. The molecule has 0 aliphatic rings. The molecule has 1 aromatic heterocycles. The molecule has 0 aliphatic carbocycles. The van der Waals surface area contributed by atoms with Crippen LogP contribution in [0.25, 0.3) is 11.3 Å². The second-order valence-electron chi connectivity index (χ2n) is 5.02. The minimum Gasteiger partial charge on any atom is -0.356 e. The second-order valence-corrected chi connectivity index (χ2v) is 5.46. The van der Waals surface area contributed by atoms with Crippen LogP contribution < -0.4 is 10.6 Å². The van der Waals surface area contributed by atoms with E-state index in [4.69, 9.17) is 16.1 Å². The second kappa shape index (κ2) is 8.33. The molecule has 0 spiro atoms. The number of nitrogens with zero attached hydrogens (tertiary/aromatic N) is 1. The van der Waals surface area contributed by atoms with E-state index in [1.807, 2.05) is 18.2 Å². The summed E-state index contributed by atoms with van der Waals surface area (Å²) in [5, 5.41) is 9.99. The molecular formula is C16H18ClN3O3. The first kappa shape index (κ1) is 17.0. The lowest BCUT2D eigenvalue weighted by Gasteiger charge is -2.04. The van der Waals surface area contributed by atoms with Gasteiger partial charge in [0.2, 0.25) is 11.8 Å². The Morgan fingerprint density at radius 3 is 2.61 bits per heavy atom. The third-order valence-corrected chi connectivity index (χ3v) is 3.37. The predicted molar refractivity (Wildman–Crippen MR) is 87.0 cm³/mol. The minimum atomic E-state index is -0.143. The molecule has 7 heteroatoms. The van der Waals surface area contributed by atoms with Gasteiger partial charge in [-0.3, -0.25) is 9.59 Å². The number of amides is 2. The zero-order valence-corrected chi connectivity index (χ0v) is 13.5. The van der Waals surface area contributed by atoms with Gasteiger partial charge in [0, 0.05) is 49.5 Å². The van der Waals surface area contributed by atoms with E-state index in [9.17, 15) is 9.59 Å². The Morgan fingerprint density at radius 2 is 1.91 bits per heavy atom. The topological polar surface area (TPSA) is 84.2 Å². The predicted octanol–water partition coefficient (Wildman–Crippen LogP) is 2.18. The van der Waals surface area contributed by atoms with Gasteiger partial charge in [0.25, 0.3) is 0 Å². The molecule has 23 heavy (non-hydrogen) atoms. The van der Waals surface area contributed by atoms with Crippen LogP contribution in [-0.4, -0.2) is 30.1 Å². The maximum absolute atomic E-state index is 11.6. The number of rotatable bonds is 7. The van der Waals surface area contributed by atoms with Gasteiger partial charge in [0.1, 0.15) is 0 Å². The summed E-state index contributed by atoms with van der Waals surface area (Å²) in [5.74, 6) is 0.406. The molecule has 2 amide bonds. The van der Waals surface area contributed by atoms with Crippen molar-refractivity contribution in [3.05, 3.63) is 41.0 Å². The molecule has 0 saturated heterocycles. The van der Waals surface area contributed by atoms with Crippen LogP contribution in [0, 0.1) is 0 Å². The minimum absolute atomic E-state index is 0.111. The van der Waals surface area contributed by atoms with Crippen molar-refractivity contribution in [1.29, 1.82) is 0 Å². The maximum Gasteiger partial charge on any atom is 0.221 e. The van der Waals surface area contributed by atoms with E-state index in [0.717, 1.165) is 11.3 Å². The Hall–Kier alpha value is -2.34. The summed E-state index contributed by atoms with van der Waals surface area (Å²) in [6.45, 7) is 2.22. The Balaban J connectivity index is 1.75. The monoisotopic (exact) mass is 335 g/mol. The molecule has 0 fully saturated rings. The highest BCUT2D eigenvalue weighted by Gasteiger charge is 2.07. The zero-order valence-electron chi connectivity index (χ0n) is 12.8. The molecule has 6 nitrogen and oxygen atoms in total. The molecule has 1 heterocycles. The van der Waals surface area contributed by atoms with Crippen LogP contribution in [0.5, 0.6) is 0 Å². The van der Waals surface area contributed by atoms with E-state index in [2.05, 4.69) is 15.8 Å². The first-order valence-corrected chi connectivity index (χ1v) is 7.65. The molecule has 0 bridgehead atoms. The summed E-state index contributed by atoms with van der Waals surface area (Å²) in [7, 11) is 0. The first-order valence-electron chi connectivity index (χ1n) is 7.27. The number of carbonyl (C=O) groups is 2. The molecule has 0 aliphatic heterocycles. The number of nitrogens with one attached hydrogen (secondary N) is 2. The lowest BCUT2D eigenvalue weighted by atomic mass is 10.1. The fraction of sp³-hybridized carbons (Fsp3) is 0.312. The summed E-state index contributed by atoms with van der Waals surface area (Å²) >= 11 is 5.85. The Kier molecular flexibility index (Phi) is 6.17. The van der Waals surface area contributed by atoms with Crippen LogP contribution in [0.3, 0.4) is 0 Å². The smallest absolute Gasteiger partial charge is 0.221 e. The van der Waals surface area contributed by atoms with Gasteiger partial charge in [0.05, 0.1) is 5.69 Å². The molecule has 2 aromatic rings. The van der Waals surface area contributed by atoms with E-state index in [-0.39, 0.29) is 18.2 Å². The number of hydrogen-bond acceptors (Lipinski definition) is 4. The molecule has 1 aromatic carbocycles. The van der Waals surface area contributed by atoms with Crippen molar-refractivity contribution in [2.24, 2.45) is 0 Å². The van der Waals surface area contributed by atoms with Crippen LogP contribution in [0.2, 0.25) is 5.02 Å². The van der Waals surface area contributed by atoms with Crippen LogP contribution in [-0.2, 0) is 16.0 Å². The molecule has 122 valence electrons. The lowest BCUT2D eigenvalue weighted by Crippen LogP contribution is -2.30. The van der Waals surface area contributed by atoms with E-state index >= 15 is 0 Å². The number of carbonyl (C=O) groups excluding carboxylic acids is 2. The van der Waals surface area contributed by atoms with E-state index in [1.54, 1.807) is 12.1 Å². The number of hydrogen-bond donors (Lipinski definition) is 2. The lowest BCUT2D eigenvalue weighted by molar-refractivity contribution is -0.121. The van der Waals surface area contributed by atoms with Crippen molar-refractivity contribution in [1.82, 2.24) is 15.8 Å². The van der Waals surface area contributed by atoms with Crippen LogP contribution in [0.1, 0.15) is 19.0 Å².